The molecule has 2 N–H and O–H groups in total. The molecular formula is C14H28N4O2. The summed E-state index contributed by atoms with van der Waals surface area (Å²) in [7, 11) is 3.46. The fourth-order valence-corrected chi connectivity index (χ4v) is 1.80. The van der Waals surface area contributed by atoms with Crippen molar-refractivity contribution < 1.29 is 9.53 Å². The molecule has 0 bridgehead atoms. The SMILES string of the molecule is CN(C)C(=O)CN=C(NCC1CCCO1)NC(C)(C)C. The second-order valence-corrected chi connectivity index (χ2v) is 6.34. The highest BCUT2D eigenvalue weighted by molar-refractivity contribution is 5.85. The van der Waals surface area contributed by atoms with Gasteiger partial charge in [0.05, 0.1) is 6.10 Å². The van der Waals surface area contributed by atoms with E-state index in [9.17, 15) is 4.79 Å². The molecule has 1 fully saturated rings. The molecule has 1 unspecified atom stereocenters. The van der Waals surface area contributed by atoms with Gasteiger partial charge in [-0.1, -0.05) is 0 Å². The summed E-state index contributed by atoms with van der Waals surface area (Å²) < 4.78 is 5.58. The van der Waals surface area contributed by atoms with Crippen molar-refractivity contribution in [3.63, 3.8) is 0 Å². The first-order valence-electron chi connectivity index (χ1n) is 7.16. The Hall–Kier alpha value is -1.30. The van der Waals surface area contributed by atoms with Crippen LogP contribution >= 0.6 is 0 Å². The van der Waals surface area contributed by atoms with Gasteiger partial charge in [-0.05, 0) is 33.6 Å². The van der Waals surface area contributed by atoms with Crippen molar-refractivity contribution >= 4 is 11.9 Å². The average Bonchev–Trinajstić information content (AvgIpc) is 2.83. The summed E-state index contributed by atoms with van der Waals surface area (Å²) in [6.45, 7) is 7.88. The van der Waals surface area contributed by atoms with Crippen molar-refractivity contribution in [3.8, 4) is 0 Å². The molecule has 1 aliphatic heterocycles. The fraction of sp³-hybridized carbons (Fsp3) is 0.857. The molecule has 1 rings (SSSR count). The molecule has 0 aromatic heterocycles. The molecule has 1 saturated heterocycles. The zero-order valence-corrected chi connectivity index (χ0v) is 13.3. The van der Waals surface area contributed by atoms with Crippen LogP contribution in [0, 0.1) is 0 Å². The van der Waals surface area contributed by atoms with Gasteiger partial charge >= 0.3 is 0 Å². The molecule has 1 heterocycles. The summed E-state index contributed by atoms with van der Waals surface area (Å²) in [4.78, 5) is 17.5. The summed E-state index contributed by atoms with van der Waals surface area (Å²) >= 11 is 0. The minimum Gasteiger partial charge on any atom is -0.376 e. The zero-order valence-electron chi connectivity index (χ0n) is 13.3. The van der Waals surface area contributed by atoms with E-state index >= 15 is 0 Å². The second kappa shape index (κ2) is 7.47. The van der Waals surface area contributed by atoms with E-state index in [-0.39, 0.29) is 24.1 Å². The number of rotatable bonds is 4. The van der Waals surface area contributed by atoms with Crippen LogP contribution in [0.1, 0.15) is 33.6 Å². The molecular weight excluding hydrogens is 256 g/mol. The van der Waals surface area contributed by atoms with Gasteiger partial charge in [-0.25, -0.2) is 4.99 Å². The van der Waals surface area contributed by atoms with Crippen molar-refractivity contribution in [2.24, 2.45) is 4.99 Å². The Morgan fingerprint density at radius 1 is 1.40 bits per heavy atom. The largest absolute Gasteiger partial charge is 0.376 e. The highest BCUT2D eigenvalue weighted by Crippen LogP contribution is 2.10. The van der Waals surface area contributed by atoms with Crippen LogP contribution in [0.25, 0.3) is 0 Å². The van der Waals surface area contributed by atoms with Crippen LogP contribution < -0.4 is 10.6 Å². The Bertz CT molecular complexity index is 342. The lowest BCUT2D eigenvalue weighted by Gasteiger charge is -2.25. The zero-order chi connectivity index (χ0) is 15.2. The van der Waals surface area contributed by atoms with Crippen LogP contribution in [0.2, 0.25) is 0 Å². The molecule has 0 aliphatic carbocycles. The highest BCUT2D eigenvalue weighted by atomic mass is 16.5. The number of amides is 1. The normalized spacial score (nSPS) is 19.9. The summed E-state index contributed by atoms with van der Waals surface area (Å²) in [5.41, 5.74) is -0.108. The predicted molar refractivity (Wildman–Crippen MR) is 80.9 cm³/mol. The molecule has 1 atom stereocenters. The minimum atomic E-state index is -0.108. The summed E-state index contributed by atoms with van der Waals surface area (Å²) in [5, 5.41) is 6.54. The summed E-state index contributed by atoms with van der Waals surface area (Å²) in [6.07, 6.45) is 2.43. The van der Waals surface area contributed by atoms with Crippen molar-refractivity contribution in [1.82, 2.24) is 15.5 Å². The van der Waals surface area contributed by atoms with E-state index in [1.807, 2.05) is 0 Å². The van der Waals surface area contributed by atoms with E-state index in [4.69, 9.17) is 4.74 Å². The number of carbonyl (C=O) groups is 1. The first kappa shape index (κ1) is 16.8. The number of nitrogens with zero attached hydrogens (tertiary/aromatic N) is 2. The molecule has 0 aromatic carbocycles. The number of carbonyl (C=O) groups excluding carboxylic acids is 1. The van der Waals surface area contributed by atoms with Crippen LogP contribution in [-0.2, 0) is 9.53 Å². The maximum absolute atomic E-state index is 11.6. The van der Waals surface area contributed by atoms with Gasteiger partial charge in [0.1, 0.15) is 6.54 Å². The number of hydrogen-bond acceptors (Lipinski definition) is 3. The summed E-state index contributed by atoms with van der Waals surface area (Å²) in [6, 6.07) is 0. The number of hydrogen-bond donors (Lipinski definition) is 2. The van der Waals surface area contributed by atoms with Crippen LogP contribution in [0.3, 0.4) is 0 Å². The number of likely N-dealkylation sites (N-methyl/N-ethyl adjacent to an activating group) is 1. The lowest BCUT2D eigenvalue weighted by molar-refractivity contribution is -0.127. The number of ether oxygens (including phenoxy) is 1. The molecule has 6 nitrogen and oxygen atoms in total. The van der Waals surface area contributed by atoms with E-state index in [0.29, 0.717) is 5.96 Å². The molecule has 20 heavy (non-hydrogen) atoms. The van der Waals surface area contributed by atoms with E-state index in [1.54, 1.807) is 14.1 Å². The van der Waals surface area contributed by atoms with Crippen molar-refractivity contribution in [2.75, 3.05) is 33.8 Å². The third kappa shape index (κ3) is 6.75. The van der Waals surface area contributed by atoms with Crippen molar-refractivity contribution in [2.45, 2.75) is 45.3 Å². The van der Waals surface area contributed by atoms with Crippen LogP contribution in [0.4, 0.5) is 0 Å². The topological polar surface area (TPSA) is 66.0 Å². The van der Waals surface area contributed by atoms with Crippen LogP contribution in [0.15, 0.2) is 4.99 Å². The third-order valence-electron chi connectivity index (χ3n) is 2.89. The van der Waals surface area contributed by atoms with Gasteiger partial charge in [0.2, 0.25) is 5.91 Å². The van der Waals surface area contributed by atoms with E-state index in [1.165, 1.54) is 4.90 Å². The number of guanidine groups is 1. The summed E-state index contributed by atoms with van der Waals surface area (Å²) in [5.74, 6) is 0.639. The third-order valence-corrected chi connectivity index (χ3v) is 2.89. The van der Waals surface area contributed by atoms with Crippen molar-refractivity contribution in [1.29, 1.82) is 0 Å². The molecule has 0 aromatic rings. The molecule has 1 amide bonds. The fourth-order valence-electron chi connectivity index (χ4n) is 1.80. The van der Waals surface area contributed by atoms with Crippen LogP contribution in [-0.4, -0.2) is 62.2 Å². The molecule has 0 radical (unpaired) electrons. The standard InChI is InChI=1S/C14H28N4O2/c1-14(2,3)17-13(16-10-12(19)18(4)5)15-9-11-7-6-8-20-11/h11H,6-10H2,1-5H3,(H2,15,16,17). The molecule has 6 heteroatoms. The number of aliphatic imine (C=N–C) groups is 1. The Kier molecular flexibility index (Phi) is 6.26. The van der Waals surface area contributed by atoms with Gasteiger partial charge in [0.25, 0.3) is 0 Å². The van der Waals surface area contributed by atoms with Crippen molar-refractivity contribution in [3.05, 3.63) is 0 Å². The lowest BCUT2D eigenvalue weighted by atomic mass is 10.1. The molecule has 1 aliphatic rings. The predicted octanol–water partition coefficient (Wildman–Crippen LogP) is 0.587. The van der Waals surface area contributed by atoms with Crippen LogP contribution in [0.5, 0.6) is 0 Å². The lowest BCUT2D eigenvalue weighted by Crippen LogP contribution is -2.49. The maximum Gasteiger partial charge on any atom is 0.243 e. The Morgan fingerprint density at radius 2 is 2.10 bits per heavy atom. The van der Waals surface area contributed by atoms with Gasteiger partial charge in [0.15, 0.2) is 5.96 Å². The first-order valence-corrected chi connectivity index (χ1v) is 7.16. The van der Waals surface area contributed by atoms with Gasteiger partial charge < -0.3 is 20.3 Å². The highest BCUT2D eigenvalue weighted by Gasteiger charge is 2.18. The van der Waals surface area contributed by atoms with Gasteiger partial charge in [-0.2, -0.15) is 0 Å². The first-order chi connectivity index (χ1) is 9.28. The Labute approximate surface area is 122 Å². The number of nitrogens with one attached hydrogen (secondary N) is 2. The van der Waals surface area contributed by atoms with E-state index in [2.05, 4.69) is 36.4 Å². The van der Waals surface area contributed by atoms with Gasteiger partial charge in [0, 0.05) is 32.8 Å². The average molecular weight is 284 g/mol. The van der Waals surface area contributed by atoms with Gasteiger partial charge in [-0.3, -0.25) is 4.79 Å². The molecule has 116 valence electrons. The van der Waals surface area contributed by atoms with E-state index in [0.717, 1.165) is 26.0 Å². The quantitative estimate of drug-likeness (QED) is 0.586. The maximum atomic E-state index is 11.6. The molecule has 0 spiro atoms. The van der Waals surface area contributed by atoms with Gasteiger partial charge in [-0.15, -0.1) is 0 Å². The monoisotopic (exact) mass is 284 g/mol. The smallest absolute Gasteiger partial charge is 0.243 e. The molecule has 0 saturated carbocycles. The Balaban J connectivity index is 2.54. The van der Waals surface area contributed by atoms with E-state index < -0.39 is 0 Å². The second-order valence-electron chi connectivity index (χ2n) is 6.34. The minimum absolute atomic E-state index is 0.0166. The Morgan fingerprint density at radius 3 is 2.60 bits per heavy atom.